The van der Waals surface area contributed by atoms with Crippen molar-refractivity contribution in [2.45, 2.75) is 26.7 Å². The number of aromatic amines is 1. The van der Waals surface area contributed by atoms with Crippen molar-refractivity contribution in [3.63, 3.8) is 0 Å². The molecule has 0 unspecified atom stereocenters. The lowest BCUT2D eigenvalue weighted by molar-refractivity contribution is -0.140. The molecule has 1 aliphatic heterocycles. The van der Waals surface area contributed by atoms with Gasteiger partial charge in [0.1, 0.15) is 5.82 Å². The lowest BCUT2D eigenvalue weighted by atomic mass is 10.0. The van der Waals surface area contributed by atoms with Gasteiger partial charge in [-0.1, -0.05) is 0 Å². The highest BCUT2D eigenvalue weighted by molar-refractivity contribution is 6.34. The van der Waals surface area contributed by atoms with Crippen LogP contribution in [0, 0.1) is 19.7 Å². The van der Waals surface area contributed by atoms with Crippen LogP contribution in [0.5, 0.6) is 0 Å². The van der Waals surface area contributed by atoms with Gasteiger partial charge in [-0.05, 0) is 50.1 Å². The van der Waals surface area contributed by atoms with Gasteiger partial charge in [0.05, 0.1) is 18.2 Å². The number of halogens is 1. The number of benzene rings is 1. The molecule has 0 saturated carbocycles. The van der Waals surface area contributed by atoms with Gasteiger partial charge in [-0.2, -0.15) is 0 Å². The molecule has 0 atom stereocenters. The van der Waals surface area contributed by atoms with Gasteiger partial charge >= 0.3 is 5.97 Å². The van der Waals surface area contributed by atoms with Gasteiger partial charge in [0.25, 0.3) is 11.8 Å². The van der Waals surface area contributed by atoms with E-state index in [1.807, 2.05) is 0 Å². The van der Waals surface area contributed by atoms with Crippen LogP contribution in [0.3, 0.4) is 0 Å². The molecule has 3 rings (SSSR count). The third kappa shape index (κ3) is 4.21. The third-order valence-electron chi connectivity index (χ3n) is 4.83. The molecule has 8 heteroatoms. The number of hydrogen-bond acceptors (Lipinski definition) is 4. The summed E-state index contributed by atoms with van der Waals surface area (Å²) >= 11 is 0. The SMILES string of the molecule is COC(=O)CCCNC(=O)c1c(C)[nH]c(C=C2C(=O)Nc3ccc(F)cc32)c1C. The molecule has 2 amide bonds. The highest BCUT2D eigenvalue weighted by Crippen LogP contribution is 2.34. The smallest absolute Gasteiger partial charge is 0.305 e. The third-order valence-corrected chi connectivity index (χ3v) is 4.83. The average molecular weight is 399 g/mol. The predicted molar refractivity (Wildman–Crippen MR) is 107 cm³/mol. The van der Waals surface area contributed by atoms with E-state index in [1.54, 1.807) is 19.9 Å². The second kappa shape index (κ2) is 8.30. The van der Waals surface area contributed by atoms with Gasteiger partial charge in [0, 0.05) is 35.6 Å². The van der Waals surface area contributed by atoms with E-state index in [0.29, 0.717) is 52.3 Å². The average Bonchev–Trinajstić information content (AvgIpc) is 3.14. The van der Waals surface area contributed by atoms with Crippen molar-refractivity contribution in [2.75, 3.05) is 19.0 Å². The predicted octanol–water partition coefficient (Wildman–Crippen LogP) is 2.95. The maximum absolute atomic E-state index is 13.6. The van der Waals surface area contributed by atoms with Crippen LogP contribution in [-0.2, 0) is 14.3 Å². The summed E-state index contributed by atoms with van der Waals surface area (Å²) in [6, 6.07) is 4.11. The number of rotatable bonds is 6. The molecule has 2 heterocycles. The van der Waals surface area contributed by atoms with Gasteiger partial charge in [-0.3, -0.25) is 14.4 Å². The zero-order chi connectivity index (χ0) is 21.1. The first-order valence-corrected chi connectivity index (χ1v) is 9.19. The summed E-state index contributed by atoms with van der Waals surface area (Å²) < 4.78 is 18.2. The van der Waals surface area contributed by atoms with Gasteiger partial charge in [-0.25, -0.2) is 4.39 Å². The van der Waals surface area contributed by atoms with E-state index in [-0.39, 0.29) is 24.2 Å². The summed E-state index contributed by atoms with van der Waals surface area (Å²) in [5.41, 5.74) is 3.77. The maximum Gasteiger partial charge on any atom is 0.305 e. The largest absolute Gasteiger partial charge is 0.469 e. The summed E-state index contributed by atoms with van der Waals surface area (Å²) in [6.45, 7) is 3.88. The zero-order valence-electron chi connectivity index (χ0n) is 16.4. The topological polar surface area (TPSA) is 100 Å². The van der Waals surface area contributed by atoms with Gasteiger partial charge in [0.15, 0.2) is 0 Å². The second-order valence-electron chi connectivity index (χ2n) is 6.80. The minimum Gasteiger partial charge on any atom is -0.469 e. The molecule has 1 aromatic carbocycles. The molecule has 29 heavy (non-hydrogen) atoms. The van der Waals surface area contributed by atoms with Crippen LogP contribution in [0.1, 0.15) is 45.7 Å². The molecule has 0 saturated heterocycles. The number of anilines is 1. The molecule has 3 N–H and O–H groups in total. The van der Waals surface area contributed by atoms with E-state index in [0.717, 1.165) is 0 Å². The van der Waals surface area contributed by atoms with Gasteiger partial charge < -0.3 is 20.4 Å². The number of hydrogen-bond donors (Lipinski definition) is 3. The van der Waals surface area contributed by atoms with Crippen molar-refractivity contribution in [1.82, 2.24) is 10.3 Å². The van der Waals surface area contributed by atoms with Crippen LogP contribution in [0.25, 0.3) is 11.6 Å². The van der Waals surface area contributed by atoms with Crippen LogP contribution in [0.2, 0.25) is 0 Å². The number of ether oxygens (including phenoxy) is 1. The van der Waals surface area contributed by atoms with E-state index in [2.05, 4.69) is 20.4 Å². The number of aryl methyl sites for hydroxylation is 1. The van der Waals surface area contributed by atoms with Crippen molar-refractivity contribution in [3.8, 4) is 0 Å². The van der Waals surface area contributed by atoms with Crippen LogP contribution < -0.4 is 10.6 Å². The molecular weight excluding hydrogens is 377 g/mol. The fourth-order valence-corrected chi connectivity index (χ4v) is 3.33. The molecule has 1 aliphatic rings. The van der Waals surface area contributed by atoms with E-state index < -0.39 is 5.82 Å². The summed E-state index contributed by atoms with van der Waals surface area (Å²) in [4.78, 5) is 39.1. The Kier molecular flexibility index (Phi) is 5.81. The van der Waals surface area contributed by atoms with Crippen LogP contribution in [0.15, 0.2) is 18.2 Å². The van der Waals surface area contributed by atoms with Crippen molar-refractivity contribution in [3.05, 3.63) is 52.1 Å². The maximum atomic E-state index is 13.6. The molecule has 0 bridgehead atoms. The standard InChI is InChI=1S/C21H22FN3O4/c1-11-17(10-15-14-9-13(22)6-7-16(14)25-20(15)27)24-12(2)19(11)21(28)23-8-4-5-18(26)29-3/h6-7,9-10,24H,4-5,8H2,1-3H3,(H,23,28)(H,25,27). The van der Waals surface area contributed by atoms with E-state index in [4.69, 9.17) is 0 Å². The summed E-state index contributed by atoms with van der Waals surface area (Å²) in [5.74, 6) is -1.36. The Labute approximate surface area is 167 Å². The number of carbonyl (C=O) groups excluding carboxylic acids is 3. The van der Waals surface area contributed by atoms with Gasteiger partial charge in [-0.15, -0.1) is 0 Å². The molecule has 2 aromatic rings. The Morgan fingerprint density at radius 3 is 2.76 bits per heavy atom. The van der Waals surface area contributed by atoms with Crippen LogP contribution in [0.4, 0.5) is 10.1 Å². The summed E-state index contributed by atoms with van der Waals surface area (Å²) in [7, 11) is 1.32. The monoisotopic (exact) mass is 399 g/mol. The van der Waals surface area contributed by atoms with Crippen LogP contribution in [-0.4, -0.2) is 36.4 Å². The number of esters is 1. The molecule has 0 fully saturated rings. The first kappa shape index (κ1) is 20.3. The highest BCUT2D eigenvalue weighted by atomic mass is 19.1. The molecule has 152 valence electrons. The minimum absolute atomic E-state index is 0.226. The van der Waals surface area contributed by atoms with Crippen molar-refractivity contribution in [2.24, 2.45) is 0 Å². The minimum atomic E-state index is -0.433. The number of nitrogens with one attached hydrogen (secondary N) is 3. The van der Waals surface area contributed by atoms with Crippen molar-refractivity contribution >= 4 is 35.1 Å². The number of carbonyl (C=O) groups is 3. The molecule has 7 nitrogen and oxygen atoms in total. The zero-order valence-corrected chi connectivity index (χ0v) is 16.4. The fraction of sp³-hybridized carbons (Fsp3) is 0.286. The Hall–Kier alpha value is -3.42. The first-order chi connectivity index (χ1) is 13.8. The molecule has 0 spiro atoms. The normalized spacial score (nSPS) is 13.9. The second-order valence-corrected chi connectivity index (χ2v) is 6.80. The van der Waals surface area contributed by atoms with E-state index >= 15 is 0 Å². The number of amides is 2. The number of aromatic nitrogens is 1. The van der Waals surface area contributed by atoms with E-state index in [1.165, 1.54) is 25.3 Å². The number of H-pyrrole nitrogens is 1. The molecule has 0 radical (unpaired) electrons. The quantitative estimate of drug-likeness (QED) is 0.395. The fourth-order valence-electron chi connectivity index (χ4n) is 3.33. The number of methoxy groups -OCH3 is 1. The highest BCUT2D eigenvalue weighted by Gasteiger charge is 2.26. The molecule has 0 aliphatic carbocycles. The Bertz CT molecular complexity index is 1020. The van der Waals surface area contributed by atoms with Gasteiger partial charge in [0.2, 0.25) is 0 Å². The molecular formula is C21H22FN3O4. The van der Waals surface area contributed by atoms with Crippen molar-refractivity contribution < 1.29 is 23.5 Å². The molecule has 1 aromatic heterocycles. The van der Waals surface area contributed by atoms with E-state index in [9.17, 15) is 18.8 Å². The first-order valence-electron chi connectivity index (χ1n) is 9.19. The lowest BCUT2D eigenvalue weighted by Crippen LogP contribution is -2.25. The Morgan fingerprint density at radius 2 is 2.03 bits per heavy atom. The number of fused-ring (bicyclic) bond motifs is 1. The summed E-state index contributed by atoms with van der Waals surface area (Å²) in [6.07, 6.45) is 2.32. The van der Waals surface area contributed by atoms with Crippen molar-refractivity contribution in [1.29, 1.82) is 0 Å². The lowest BCUT2D eigenvalue weighted by Gasteiger charge is -2.05. The Balaban J connectivity index is 1.81. The summed E-state index contributed by atoms with van der Waals surface area (Å²) in [5, 5.41) is 5.48. The Morgan fingerprint density at radius 1 is 1.28 bits per heavy atom. The van der Waals surface area contributed by atoms with Crippen LogP contribution >= 0.6 is 0 Å².